The maximum absolute atomic E-state index is 13.4. The number of phenols is 1. The highest BCUT2D eigenvalue weighted by Crippen LogP contribution is 2.51. The molecule has 1 aromatic rings. The van der Waals surface area contributed by atoms with E-state index in [1.807, 2.05) is 0 Å². The normalized spacial score (nSPS) is 30.7. The lowest BCUT2D eigenvalue weighted by Crippen LogP contribution is -2.66. The Morgan fingerprint density at radius 2 is 1.97 bits per heavy atom. The number of amides is 1. The van der Waals surface area contributed by atoms with Gasteiger partial charge in [0.1, 0.15) is 22.8 Å². The number of Topliss-reactive ketones (excluding diaryl/α,β-unsaturated/α-hetero) is 2. The zero-order valence-corrected chi connectivity index (χ0v) is 16.2. The number of likely N-dealkylation sites (N-methyl/N-ethyl adjacent to an activating group) is 1. The molecule has 0 radical (unpaired) electrons. The fraction of sp³-hybridized carbons (Fsp3) is 0.381. The molecule has 4 unspecified atom stereocenters. The van der Waals surface area contributed by atoms with Crippen molar-refractivity contribution in [2.24, 2.45) is 17.6 Å². The van der Waals surface area contributed by atoms with Crippen molar-refractivity contribution in [3.05, 3.63) is 46.2 Å². The van der Waals surface area contributed by atoms with Crippen LogP contribution in [0.15, 0.2) is 35.1 Å². The molecular formula is C21H22N2O7. The molecule has 7 N–H and O–H groups in total. The SMILES string of the molecule is CCNC1C(=O)C(C(N)=O)=C(O)C2(O)C(=O)C3=C(O)c4c(O)cccc4CC3CC12. The number of ketones is 2. The average Bonchev–Trinajstić information content (AvgIpc) is 2.67. The highest BCUT2D eigenvalue weighted by molar-refractivity contribution is 6.24. The summed E-state index contributed by atoms with van der Waals surface area (Å²) in [5, 5.41) is 45.9. The number of primary amides is 1. The summed E-state index contributed by atoms with van der Waals surface area (Å²) < 4.78 is 0. The molecule has 0 aliphatic heterocycles. The van der Waals surface area contributed by atoms with Crippen LogP contribution in [0.1, 0.15) is 24.5 Å². The molecule has 1 saturated carbocycles. The summed E-state index contributed by atoms with van der Waals surface area (Å²) in [7, 11) is 0. The summed E-state index contributed by atoms with van der Waals surface area (Å²) in [5.74, 6) is -6.47. The van der Waals surface area contributed by atoms with Gasteiger partial charge in [0, 0.05) is 11.5 Å². The Morgan fingerprint density at radius 3 is 2.60 bits per heavy atom. The van der Waals surface area contributed by atoms with Crippen LogP contribution in [-0.2, 0) is 20.8 Å². The third-order valence-electron chi connectivity index (χ3n) is 6.36. The summed E-state index contributed by atoms with van der Waals surface area (Å²) in [6.45, 7) is 2.02. The number of nitrogens with two attached hydrogens (primary N) is 1. The van der Waals surface area contributed by atoms with Crippen molar-refractivity contribution < 1.29 is 34.8 Å². The summed E-state index contributed by atoms with van der Waals surface area (Å²) in [5.41, 5.74) is 2.38. The first-order valence-corrected chi connectivity index (χ1v) is 9.67. The van der Waals surface area contributed by atoms with Crippen LogP contribution in [0.4, 0.5) is 0 Å². The van der Waals surface area contributed by atoms with E-state index in [1.165, 1.54) is 6.07 Å². The third-order valence-corrected chi connectivity index (χ3v) is 6.36. The number of rotatable bonds is 3. The Morgan fingerprint density at radius 1 is 1.27 bits per heavy atom. The fourth-order valence-electron chi connectivity index (χ4n) is 5.07. The van der Waals surface area contributed by atoms with Gasteiger partial charge in [-0.05, 0) is 36.9 Å². The lowest BCUT2D eigenvalue weighted by molar-refractivity contribution is -0.150. The van der Waals surface area contributed by atoms with Gasteiger partial charge < -0.3 is 31.5 Å². The lowest BCUT2D eigenvalue weighted by atomic mass is 9.57. The number of phenolic OH excluding ortho intramolecular Hbond substituents is 1. The number of carbonyl (C=O) groups excluding carboxylic acids is 3. The van der Waals surface area contributed by atoms with Crippen LogP contribution in [0.3, 0.4) is 0 Å². The molecule has 3 aliphatic rings. The molecule has 30 heavy (non-hydrogen) atoms. The second kappa shape index (κ2) is 6.68. The summed E-state index contributed by atoms with van der Waals surface area (Å²) in [6.07, 6.45) is 0.373. The van der Waals surface area contributed by atoms with Crippen molar-refractivity contribution in [2.75, 3.05) is 6.54 Å². The predicted octanol–water partition coefficient (Wildman–Crippen LogP) is 0.0119. The molecular weight excluding hydrogens is 392 g/mol. The van der Waals surface area contributed by atoms with Gasteiger partial charge in [-0.25, -0.2) is 0 Å². The molecule has 1 aromatic carbocycles. The summed E-state index contributed by atoms with van der Waals surface area (Å²) in [6, 6.07) is 3.58. The number of benzene rings is 1. The summed E-state index contributed by atoms with van der Waals surface area (Å²) in [4.78, 5) is 38.1. The Bertz CT molecular complexity index is 1060. The van der Waals surface area contributed by atoms with Gasteiger partial charge in [-0.2, -0.15) is 0 Å². The topological polar surface area (TPSA) is 170 Å². The molecule has 3 aliphatic carbocycles. The number of hydrogen-bond donors (Lipinski definition) is 6. The van der Waals surface area contributed by atoms with Crippen LogP contribution in [0.2, 0.25) is 0 Å². The van der Waals surface area contributed by atoms with Gasteiger partial charge in [0.05, 0.1) is 11.6 Å². The van der Waals surface area contributed by atoms with Crippen LogP contribution in [0.5, 0.6) is 5.75 Å². The van der Waals surface area contributed by atoms with Crippen LogP contribution in [-0.4, -0.2) is 56.1 Å². The molecule has 9 nitrogen and oxygen atoms in total. The van der Waals surface area contributed by atoms with Crippen molar-refractivity contribution in [1.29, 1.82) is 0 Å². The largest absolute Gasteiger partial charge is 0.508 e. The van der Waals surface area contributed by atoms with E-state index in [1.54, 1.807) is 19.1 Å². The van der Waals surface area contributed by atoms with Crippen molar-refractivity contribution >= 4 is 23.2 Å². The Kier molecular flexibility index (Phi) is 4.48. The van der Waals surface area contributed by atoms with Crippen molar-refractivity contribution in [3.8, 4) is 5.75 Å². The van der Waals surface area contributed by atoms with Crippen molar-refractivity contribution in [3.63, 3.8) is 0 Å². The number of carbonyl (C=O) groups is 3. The fourth-order valence-corrected chi connectivity index (χ4v) is 5.07. The Balaban J connectivity index is 1.96. The van der Waals surface area contributed by atoms with Gasteiger partial charge in [0.25, 0.3) is 5.91 Å². The number of nitrogens with one attached hydrogen (secondary N) is 1. The quantitative estimate of drug-likeness (QED) is 0.376. The molecule has 0 bridgehead atoms. The standard InChI is InChI=1S/C21H22N2O7/c1-2-23-15-10-7-9-6-8-4-3-5-11(24)12(8)16(25)13(9)18(27)21(10,30)19(28)14(17(15)26)20(22)29/h3-5,9-10,15,23-25,28,30H,2,6-7H2,1H3,(H2,22,29). The number of aromatic hydroxyl groups is 1. The van der Waals surface area contributed by atoms with E-state index in [4.69, 9.17) is 5.73 Å². The van der Waals surface area contributed by atoms with E-state index in [-0.39, 0.29) is 23.3 Å². The van der Waals surface area contributed by atoms with Crippen LogP contribution in [0, 0.1) is 11.8 Å². The molecule has 1 amide bonds. The molecule has 0 aromatic heterocycles. The second-order valence-electron chi connectivity index (χ2n) is 7.90. The third kappa shape index (κ3) is 2.45. The Labute approximate surface area is 171 Å². The average molecular weight is 414 g/mol. The van der Waals surface area contributed by atoms with Crippen LogP contribution < -0.4 is 11.1 Å². The van der Waals surface area contributed by atoms with Crippen molar-refractivity contribution in [2.45, 2.75) is 31.4 Å². The van der Waals surface area contributed by atoms with Crippen LogP contribution >= 0.6 is 0 Å². The van der Waals surface area contributed by atoms with E-state index in [0.717, 1.165) is 0 Å². The highest BCUT2D eigenvalue weighted by atomic mass is 16.3. The van der Waals surface area contributed by atoms with Gasteiger partial charge in [0.2, 0.25) is 5.78 Å². The first-order valence-electron chi connectivity index (χ1n) is 9.67. The number of hydrogen-bond acceptors (Lipinski definition) is 8. The number of aliphatic hydroxyl groups is 3. The zero-order valence-electron chi connectivity index (χ0n) is 16.2. The number of fused-ring (bicyclic) bond motifs is 3. The minimum atomic E-state index is -2.60. The zero-order chi connectivity index (χ0) is 22.0. The van der Waals surface area contributed by atoms with Crippen LogP contribution in [0.25, 0.3) is 5.76 Å². The van der Waals surface area contributed by atoms with Crippen molar-refractivity contribution in [1.82, 2.24) is 5.32 Å². The molecule has 0 spiro atoms. The van der Waals surface area contributed by atoms with E-state index >= 15 is 0 Å². The van der Waals surface area contributed by atoms with Gasteiger partial charge >= 0.3 is 0 Å². The summed E-state index contributed by atoms with van der Waals surface area (Å²) >= 11 is 0. The van der Waals surface area contributed by atoms with Gasteiger partial charge in [0.15, 0.2) is 11.4 Å². The van der Waals surface area contributed by atoms with E-state index in [9.17, 15) is 34.8 Å². The monoisotopic (exact) mass is 414 g/mol. The van der Waals surface area contributed by atoms with Gasteiger partial charge in [-0.15, -0.1) is 0 Å². The van der Waals surface area contributed by atoms with E-state index in [2.05, 4.69) is 5.32 Å². The Hall–Kier alpha value is -3.17. The van der Waals surface area contributed by atoms with Gasteiger partial charge in [-0.1, -0.05) is 19.1 Å². The van der Waals surface area contributed by atoms with E-state index in [0.29, 0.717) is 18.5 Å². The predicted molar refractivity (Wildman–Crippen MR) is 104 cm³/mol. The molecule has 0 saturated heterocycles. The first-order chi connectivity index (χ1) is 14.1. The molecule has 4 atom stereocenters. The number of aliphatic hydroxyl groups excluding tert-OH is 2. The first kappa shape index (κ1) is 20.1. The molecule has 1 fully saturated rings. The lowest BCUT2D eigenvalue weighted by Gasteiger charge is -2.49. The maximum Gasteiger partial charge on any atom is 0.255 e. The van der Waals surface area contributed by atoms with E-state index < -0.39 is 58.0 Å². The van der Waals surface area contributed by atoms with Gasteiger partial charge in [-0.3, -0.25) is 14.4 Å². The highest BCUT2D eigenvalue weighted by Gasteiger charge is 2.63. The molecule has 0 heterocycles. The molecule has 9 heteroatoms. The molecule has 158 valence electrons. The minimum absolute atomic E-state index is 0.0796. The second-order valence-corrected chi connectivity index (χ2v) is 7.90. The smallest absolute Gasteiger partial charge is 0.255 e. The molecule has 4 rings (SSSR count). The minimum Gasteiger partial charge on any atom is -0.508 e. The maximum atomic E-state index is 13.4.